The van der Waals surface area contributed by atoms with E-state index in [-0.39, 0.29) is 59.7 Å². The third-order valence-electron chi connectivity index (χ3n) is 10.1. The van der Waals surface area contributed by atoms with Crippen molar-refractivity contribution in [2.24, 2.45) is 17.8 Å². The Labute approximate surface area is 251 Å². The number of esters is 1. The summed E-state index contributed by atoms with van der Waals surface area (Å²) in [6.07, 6.45) is 8.64. The van der Waals surface area contributed by atoms with Crippen LogP contribution in [0.3, 0.4) is 0 Å². The number of methoxy groups -OCH3 is 1. The standard InChI is InChI=1S/C33H52FN3O5/c1-21(2)8-9-28-32(6,42-28)31-30(39-7)27(10-12-33(31)19-40-33)41-29(38)14-25(22(3)4)26-18-37(20-35-26)17-24-11-13-36(16-24)15-23(5)34/h8,18,20,22-25,27-28,30-31H,9-17,19H2,1-7H3/t23?,24-,25-,27+,28+,30+,31+,32-,33-/m0/s1. The lowest BCUT2D eigenvalue weighted by atomic mass is 9.68. The SMILES string of the molecule is CO[C@@H]1[C@H](OC(=O)C[C@H](c2cn(C[C@H]3CCN(CC(C)F)C3)cn2)C(C)C)CC[C@]2(CO2)[C@H]1[C@@]1(C)O[C@@H]1CC=C(C)C. The molecule has 1 unspecified atom stereocenters. The van der Waals surface area contributed by atoms with Crippen LogP contribution in [-0.2, 0) is 30.3 Å². The molecule has 4 fully saturated rings. The van der Waals surface area contributed by atoms with Crippen molar-refractivity contribution in [1.29, 1.82) is 0 Å². The highest BCUT2D eigenvalue weighted by Crippen LogP contribution is 2.59. The summed E-state index contributed by atoms with van der Waals surface area (Å²) in [6, 6.07) is 0. The van der Waals surface area contributed by atoms with Crippen LogP contribution < -0.4 is 0 Å². The molecule has 3 aliphatic heterocycles. The van der Waals surface area contributed by atoms with Crippen LogP contribution in [0, 0.1) is 17.8 Å². The fourth-order valence-corrected chi connectivity index (χ4v) is 7.70. The van der Waals surface area contributed by atoms with Crippen molar-refractivity contribution in [3.8, 4) is 0 Å². The van der Waals surface area contributed by atoms with Crippen LogP contribution in [0.2, 0.25) is 0 Å². The molecule has 0 aromatic carbocycles. The van der Waals surface area contributed by atoms with E-state index in [1.54, 1.807) is 14.0 Å². The van der Waals surface area contributed by atoms with Crippen molar-refractivity contribution in [1.82, 2.24) is 14.5 Å². The fraction of sp³-hybridized carbons (Fsp3) is 0.818. The number of hydrogen-bond donors (Lipinski definition) is 0. The maximum Gasteiger partial charge on any atom is 0.306 e. The normalized spacial score (nSPS) is 35.8. The van der Waals surface area contributed by atoms with Crippen LogP contribution in [0.4, 0.5) is 4.39 Å². The third-order valence-corrected chi connectivity index (χ3v) is 10.1. The minimum absolute atomic E-state index is 0.00772. The van der Waals surface area contributed by atoms with Crippen molar-refractivity contribution >= 4 is 5.97 Å². The topological polar surface area (TPSA) is 81.7 Å². The van der Waals surface area contributed by atoms with E-state index in [9.17, 15) is 9.18 Å². The number of rotatable bonds is 13. The summed E-state index contributed by atoms with van der Waals surface area (Å²) < 4.78 is 40.2. The Hall–Kier alpha value is -1.81. The van der Waals surface area contributed by atoms with Gasteiger partial charge in [0, 0.05) is 38.9 Å². The fourth-order valence-electron chi connectivity index (χ4n) is 7.70. The third kappa shape index (κ3) is 6.95. The largest absolute Gasteiger partial charge is 0.460 e. The molecule has 236 valence electrons. The number of aromatic nitrogens is 2. The highest BCUT2D eigenvalue weighted by Gasteiger charge is 2.72. The lowest BCUT2D eigenvalue weighted by Gasteiger charge is -2.42. The molecule has 1 saturated carbocycles. The van der Waals surface area contributed by atoms with Gasteiger partial charge in [0.05, 0.1) is 37.1 Å². The van der Waals surface area contributed by atoms with Gasteiger partial charge in [0.25, 0.3) is 0 Å². The molecule has 3 saturated heterocycles. The molecule has 1 aromatic rings. The minimum Gasteiger partial charge on any atom is -0.460 e. The zero-order valence-electron chi connectivity index (χ0n) is 26.7. The monoisotopic (exact) mass is 589 g/mol. The van der Waals surface area contributed by atoms with Crippen LogP contribution in [-0.4, -0.2) is 89.5 Å². The summed E-state index contributed by atoms with van der Waals surface area (Å²) >= 11 is 0. The first-order valence-electron chi connectivity index (χ1n) is 16.0. The van der Waals surface area contributed by atoms with Gasteiger partial charge >= 0.3 is 5.97 Å². The quantitative estimate of drug-likeness (QED) is 0.175. The van der Waals surface area contributed by atoms with Gasteiger partial charge in [0.2, 0.25) is 0 Å². The highest BCUT2D eigenvalue weighted by atomic mass is 19.1. The summed E-state index contributed by atoms with van der Waals surface area (Å²) in [4.78, 5) is 20.4. The number of ether oxygens (including phenoxy) is 4. The number of hydrogen-bond acceptors (Lipinski definition) is 7. The van der Waals surface area contributed by atoms with E-state index in [0.717, 1.165) is 51.0 Å². The van der Waals surface area contributed by atoms with Crippen LogP contribution in [0.25, 0.3) is 0 Å². The molecular formula is C33H52FN3O5. The molecule has 5 rings (SSSR count). The van der Waals surface area contributed by atoms with Crippen molar-refractivity contribution in [3.05, 3.63) is 29.9 Å². The van der Waals surface area contributed by atoms with Gasteiger partial charge < -0.3 is 28.4 Å². The Kier molecular flexibility index (Phi) is 9.53. The van der Waals surface area contributed by atoms with Gasteiger partial charge in [-0.2, -0.15) is 0 Å². The Balaban J connectivity index is 1.20. The van der Waals surface area contributed by atoms with E-state index in [1.165, 1.54) is 5.57 Å². The van der Waals surface area contributed by atoms with Crippen LogP contribution in [0.5, 0.6) is 0 Å². The van der Waals surface area contributed by atoms with Gasteiger partial charge in [-0.25, -0.2) is 9.37 Å². The van der Waals surface area contributed by atoms with E-state index < -0.39 is 6.17 Å². The average Bonchev–Trinajstić information content (AvgIpc) is 3.69. The molecule has 1 spiro atoms. The molecular weight excluding hydrogens is 537 g/mol. The Morgan fingerprint density at radius 3 is 2.69 bits per heavy atom. The number of carbonyl (C=O) groups excluding carboxylic acids is 1. The summed E-state index contributed by atoms with van der Waals surface area (Å²) in [6.45, 7) is 16.2. The predicted molar refractivity (Wildman–Crippen MR) is 159 cm³/mol. The molecule has 9 heteroatoms. The number of nitrogens with zero attached hydrogens (tertiary/aromatic N) is 3. The van der Waals surface area contributed by atoms with Gasteiger partial charge in [-0.3, -0.25) is 4.79 Å². The number of epoxide rings is 2. The number of likely N-dealkylation sites (tertiary alicyclic amines) is 1. The van der Waals surface area contributed by atoms with Gasteiger partial charge in [-0.05, 0) is 71.8 Å². The molecule has 42 heavy (non-hydrogen) atoms. The summed E-state index contributed by atoms with van der Waals surface area (Å²) in [5.74, 6) is 0.465. The maximum atomic E-state index is 13.4. The van der Waals surface area contributed by atoms with Gasteiger partial charge in [-0.1, -0.05) is 25.5 Å². The van der Waals surface area contributed by atoms with E-state index in [2.05, 4.69) is 56.4 Å². The maximum absolute atomic E-state index is 13.4. The van der Waals surface area contributed by atoms with E-state index >= 15 is 0 Å². The average molecular weight is 590 g/mol. The zero-order chi connectivity index (χ0) is 30.2. The zero-order valence-corrected chi connectivity index (χ0v) is 26.7. The number of carbonyl (C=O) groups is 1. The first kappa shape index (κ1) is 31.6. The Bertz CT molecular complexity index is 1110. The Morgan fingerprint density at radius 1 is 1.29 bits per heavy atom. The molecule has 1 aromatic heterocycles. The lowest BCUT2D eigenvalue weighted by Crippen LogP contribution is -2.55. The molecule has 4 aliphatic rings. The number of alkyl halides is 1. The molecule has 8 nitrogen and oxygen atoms in total. The second kappa shape index (κ2) is 12.7. The highest BCUT2D eigenvalue weighted by molar-refractivity contribution is 5.70. The summed E-state index contributed by atoms with van der Waals surface area (Å²) in [5, 5.41) is 0. The van der Waals surface area contributed by atoms with Gasteiger partial charge in [-0.15, -0.1) is 0 Å². The molecule has 0 radical (unpaired) electrons. The second-order valence-corrected chi connectivity index (χ2v) is 14.2. The van der Waals surface area contributed by atoms with Gasteiger partial charge in [0.1, 0.15) is 29.6 Å². The van der Waals surface area contributed by atoms with Gasteiger partial charge in [0.15, 0.2) is 0 Å². The van der Waals surface area contributed by atoms with Crippen LogP contribution >= 0.6 is 0 Å². The van der Waals surface area contributed by atoms with Crippen molar-refractivity contribution in [2.45, 2.75) is 122 Å². The van der Waals surface area contributed by atoms with E-state index in [4.69, 9.17) is 23.9 Å². The first-order valence-corrected chi connectivity index (χ1v) is 16.0. The minimum atomic E-state index is -0.799. The number of halogens is 1. The van der Waals surface area contributed by atoms with E-state index in [0.29, 0.717) is 19.1 Å². The predicted octanol–water partition coefficient (Wildman–Crippen LogP) is 5.31. The smallest absolute Gasteiger partial charge is 0.306 e. The van der Waals surface area contributed by atoms with E-state index in [1.807, 2.05) is 6.33 Å². The van der Waals surface area contributed by atoms with Crippen molar-refractivity contribution in [2.75, 3.05) is 33.4 Å². The molecule has 1 aliphatic carbocycles. The lowest BCUT2D eigenvalue weighted by molar-refractivity contribution is -0.172. The molecule has 0 N–H and O–H groups in total. The first-order chi connectivity index (χ1) is 19.9. The molecule has 9 atom stereocenters. The number of imidazole rings is 1. The van der Waals surface area contributed by atoms with Crippen molar-refractivity contribution < 1.29 is 28.1 Å². The second-order valence-electron chi connectivity index (χ2n) is 14.2. The van der Waals surface area contributed by atoms with Crippen LogP contribution in [0.1, 0.15) is 85.3 Å². The van der Waals surface area contributed by atoms with Crippen molar-refractivity contribution in [3.63, 3.8) is 0 Å². The number of allylic oxidation sites excluding steroid dienone is 1. The van der Waals surface area contributed by atoms with Crippen LogP contribution in [0.15, 0.2) is 24.2 Å². The molecule has 0 amide bonds. The summed E-state index contributed by atoms with van der Waals surface area (Å²) in [7, 11) is 1.71. The molecule has 0 bridgehead atoms. The Morgan fingerprint density at radius 2 is 2.05 bits per heavy atom. The molecule has 4 heterocycles. The summed E-state index contributed by atoms with van der Waals surface area (Å²) in [5.41, 5.74) is 1.60.